The maximum Gasteiger partial charge on any atom is 0.190 e. The van der Waals surface area contributed by atoms with Gasteiger partial charge in [0.15, 0.2) is 11.6 Å². The SMILES string of the molecule is O=C1C=CC(=O)c2c1coc2C1CCc2ccc3c(ccc4ccccc43)c2C1. The predicted molar refractivity (Wildman–Crippen MR) is 113 cm³/mol. The van der Waals surface area contributed by atoms with E-state index < -0.39 is 0 Å². The summed E-state index contributed by atoms with van der Waals surface area (Å²) in [4.78, 5) is 24.6. The Balaban J connectivity index is 1.49. The molecule has 0 spiro atoms. The molecular weight excluding hydrogens is 360 g/mol. The molecule has 1 atom stereocenters. The van der Waals surface area contributed by atoms with Crippen molar-refractivity contribution in [1.29, 1.82) is 0 Å². The molecular formula is C26H18O3. The molecule has 0 saturated heterocycles. The van der Waals surface area contributed by atoms with Crippen molar-refractivity contribution < 1.29 is 14.0 Å². The van der Waals surface area contributed by atoms with Gasteiger partial charge in [0.2, 0.25) is 0 Å². The summed E-state index contributed by atoms with van der Waals surface area (Å²) in [7, 11) is 0. The summed E-state index contributed by atoms with van der Waals surface area (Å²) in [6.45, 7) is 0. The van der Waals surface area contributed by atoms with Gasteiger partial charge in [0.1, 0.15) is 12.0 Å². The van der Waals surface area contributed by atoms with Crippen molar-refractivity contribution in [2.75, 3.05) is 0 Å². The lowest BCUT2D eigenvalue weighted by Crippen LogP contribution is -2.17. The van der Waals surface area contributed by atoms with Gasteiger partial charge in [-0.3, -0.25) is 9.59 Å². The smallest absolute Gasteiger partial charge is 0.190 e. The highest BCUT2D eigenvalue weighted by molar-refractivity contribution is 6.22. The molecule has 0 radical (unpaired) electrons. The minimum atomic E-state index is -0.150. The molecule has 140 valence electrons. The fraction of sp³-hybridized carbons (Fsp3) is 0.154. The van der Waals surface area contributed by atoms with Gasteiger partial charge in [-0.2, -0.15) is 0 Å². The first-order chi connectivity index (χ1) is 14.2. The molecule has 0 aliphatic heterocycles. The summed E-state index contributed by atoms with van der Waals surface area (Å²) in [5, 5.41) is 5.03. The molecule has 6 rings (SSSR count). The van der Waals surface area contributed by atoms with E-state index >= 15 is 0 Å². The van der Waals surface area contributed by atoms with E-state index in [0.717, 1.165) is 19.3 Å². The van der Waals surface area contributed by atoms with Crippen LogP contribution in [0.1, 0.15) is 49.9 Å². The number of fused-ring (bicyclic) bond motifs is 6. The monoisotopic (exact) mass is 378 g/mol. The van der Waals surface area contributed by atoms with Gasteiger partial charge in [-0.15, -0.1) is 0 Å². The van der Waals surface area contributed by atoms with Crippen LogP contribution < -0.4 is 0 Å². The number of carbonyl (C=O) groups excluding carboxylic acids is 2. The third-order valence-electron chi connectivity index (χ3n) is 6.44. The first kappa shape index (κ1) is 16.5. The molecule has 0 N–H and O–H groups in total. The molecule has 0 saturated carbocycles. The van der Waals surface area contributed by atoms with Gasteiger partial charge in [-0.1, -0.05) is 48.5 Å². The van der Waals surface area contributed by atoms with Crippen LogP contribution in [-0.2, 0) is 12.8 Å². The van der Waals surface area contributed by atoms with Crippen molar-refractivity contribution >= 4 is 33.1 Å². The highest BCUT2D eigenvalue weighted by Gasteiger charge is 2.32. The number of aryl methyl sites for hydroxylation is 1. The van der Waals surface area contributed by atoms with Crippen LogP contribution in [0.5, 0.6) is 0 Å². The van der Waals surface area contributed by atoms with E-state index in [-0.39, 0.29) is 17.5 Å². The Morgan fingerprint density at radius 2 is 1.66 bits per heavy atom. The normalized spacial score (nSPS) is 18.3. The molecule has 0 amide bonds. The van der Waals surface area contributed by atoms with Crippen LogP contribution >= 0.6 is 0 Å². The first-order valence-electron chi connectivity index (χ1n) is 10.0. The molecule has 1 unspecified atom stereocenters. The summed E-state index contributed by atoms with van der Waals surface area (Å²) in [5.41, 5.74) is 3.57. The number of ketones is 2. The van der Waals surface area contributed by atoms with Crippen molar-refractivity contribution in [1.82, 2.24) is 0 Å². The van der Waals surface area contributed by atoms with E-state index in [0.29, 0.717) is 16.9 Å². The number of allylic oxidation sites excluding steroid dienone is 2. The number of carbonyl (C=O) groups is 2. The highest BCUT2D eigenvalue weighted by atomic mass is 16.3. The summed E-state index contributed by atoms with van der Waals surface area (Å²) < 4.78 is 5.81. The van der Waals surface area contributed by atoms with E-state index in [1.807, 2.05) is 0 Å². The van der Waals surface area contributed by atoms with Crippen LogP contribution in [0.25, 0.3) is 21.5 Å². The topological polar surface area (TPSA) is 47.3 Å². The average Bonchev–Trinajstić information content (AvgIpc) is 3.22. The molecule has 2 aliphatic carbocycles. The summed E-state index contributed by atoms with van der Waals surface area (Å²) in [6.07, 6.45) is 6.82. The van der Waals surface area contributed by atoms with Crippen LogP contribution in [-0.4, -0.2) is 11.6 Å². The van der Waals surface area contributed by atoms with Gasteiger partial charge in [0.25, 0.3) is 0 Å². The fourth-order valence-electron chi connectivity index (χ4n) is 5.01. The van der Waals surface area contributed by atoms with Crippen LogP contribution in [0, 0.1) is 0 Å². The van der Waals surface area contributed by atoms with Gasteiger partial charge in [-0.05, 0) is 64.1 Å². The van der Waals surface area contributed by atoms with E-state index in [1.54, 1.807) is 0 Å². The lowest BCUT2D eigenvalue weighted by atomic mass is 9.78. The molecule has 2 aliphatic rings. The number of hydrogen-bond acceptors (Lipinski definition) is 3. The first-order valence-corrected chi connectivity index (χ1v) is 10.0. The Morgan fingerprint density at radius 3 is 2.59 bits per heavy atom. The van der Waals surface area contributed by atoms with E-state index in [9.17, 15) is 9.59 Å². The van der Waals surface area contributed by atoms with Crippen molar-refractivity contribution in [3.8, 4) is 0 Å². The van der Waals surface area contributed by atoms with Crippen LogP contribution in [0.2, 0.25) is 0 Å². The minimum Gasteiger partial charge on any atom is -0.467 e. The van der Waals surface area contributed by atoms with E-state index in [4.69, 9.17) is 4.42 Å². The molecule has 4 aromatic rings. The standard InChI is InChI=1S/C26H18O3/c27-23-11-12-24(28)25-22(23)14-29-26(25)17-6-5-16-8-9-19-18-4-2-1-3-15(18)7-10-20(19)21(16)13-17/h1-4,7-12,14,17H,5-6,13H2. The number of benzene rings is 3. The lowest BCUT2D eigenvalue weighted by molar-refractivity contribution is 0.0994. The average molecular weight is 378 g/mol. The quantitative estimate of drug-likeness (QED) is 0.394. The zero-order chi connectivity index (χ0) is 19.5. The third-order valence-corrected chi connectivity index (χ3v) is 6.44. The molecule has 29 heavy (non-hydrogen) atoms. The summed E-state index contributed by atoms with van der Waals surface area (Å²) in [6, 6.07) is 17.3. The number of hydrogen-bond donors (Lipinski definition) is 0. The molecule has 0 fully saturated rings. The summed E-state index contributed by atoms with van der Waals surface area (Å²) in [5.74, 6) is 0.499. The second-order valence-electron chi connectivity index (χ2n) is 7.98. The van der Waals surface area contributed by atoms with Crippen molar-refractivity contribution in [2.45, 2.75) is 25.2 Å². The molecule has 1 heterocycles. The Bertz CT molecular complexity index is 1370. The van der Waals surface area contributed by atoms with E-state index in [1.165, 1.54) is 51.1 Å². The molecule has 3 heteroatoms. The second kappa shape index (κ2) is 6.02. The van der Waals surface area contributed by atoms with Crippen LogP contribution in [0.15, 0.2) is 71.4 Å². The van der Waals surface area contributed by atoms with Gasteiger partial charge in [0, 0.05) is 5.92 Å². The molecule has 3 nitrogen and oxygen atoms in total. The largest absolute Gasteiger partial charge is 0.467 e. The minimum absolute atomic E-state index is 0.103. The Hall–Kier alpha value is -3.46. The van der Waals surface area contributed by atoms with Gasteiger partial charge in [-0.25, -0.2) is 0 Å². The van der Waals surface area contributed by atoms with E-state index in [2.05, 4.69) is 48.5 Å². The third kappa shape index (κ3) is 2.37. The Morgan fingerprint density at radius 1 is 0.828 bits per heavy atom. The summed E-state index contributed by atoms with van der Waals surface area (Å²) >= 11 is 0. The number of rotatable bonds is 1. The lowest BCUT2D eigenvalue weighted by Gasteiger charge is -2.26. The predicted octanol–water partition coefficient (Wildman–Crippen LogP) is 5.79. The van der Waals surface area contributed by atoms with Gasteiger partial charge < -0.3 is 4.42 Å². The maximum atomic E-state index is 12.5. The highest BCUT2D eigenvalue weighted by Crippen LogP contribution is 2.40. The maximum absolute atomic E-state index is 12.5. The number of furan rings is 1. The molecule has 1 aromatic heterocycles. The van der Waals surface area contributed by atoms with Crippen molar-refractivity contribution in [3.63, 3.8) is 0 Å². The Labute approximate surface area is 167 Å². The van der Waals surface area contributed by atoms with Crippen LogP contribution in [0.3, 0.4) is 0 Å². The van der Waals surface area contributed by atoms with Gasteiger partial charge >= 0.3 is 0 Å². The van der Waals surface area contributed by atoms with Crippen LogP contribution in [0.4, 0.5) is 0 Å². The zero-order valence-electron chi connectivity index (χ0n) is 15.8. The fourth-order valence-corrected chi connectivity index (χ4v) is 5.01. The van der Waals surface area contributed by atoms with Gasteiger partial charge in [0.05, 0.1) is 11.1 Å². The second-order valence-corrected chi connectivity index (χ2v) is 7.98. The molecule has 3 aromatic carbocycles. The van der Waals surface area contributed by atoms with Crippen molar-refractivity contribution in [3.05, 3.63) is 95.0 Å². The Kier molecular flexibility index (Phi) is 3.42. The molecule has 0 bridgehead atoms. The van der Waals surface area contributed by atoms with Crippen molar-refractivity contribution in [2.24, 2.45) is 0 Å². The zero-order valence-corrected chi connectivity index (χ0v) is 15.8.